The standard InChI is InChI=1S/C36H56O14/c1-16-30(50-32-28(42)27(41)26(40)23(14-37)49-32)31(45-4)29(43)33(47-16)48-19-7-9-34(2)18(12-19)5-6-21-20(34)8-10-35(3)25(17-11-24(39)46-15-17)22(38)13-36(21,35)44/h11,16,18-23,25-33,37-38,40-44H,5-10,12-15H2,1-4H3/t16-,18-,19+,20+,21-,22+,23-,25+,26-,27+,28-,29?,30+,31-,32+,33+,34+,35-,36+/m1/s1. The van der Waals surface area contributed by atoms with Gasteiger partial charge in [0.25, 0.3) is 0 Å². The minimum atomic E-state index is -1.61. The van der Waals surface area contributed by atoms with Gasteiger partial charge < -0.3 is 64.2 Å². The molecule has 14 heteroatoms. The first-order valence-electron chi connectivity index (χ1n) is 18.4. The van der Waals surface area contributed by atoms with Gasteiger partial charge in [0.05, 0.1) is 30.5 Å². The summed E-state index contributed by atoms with van der Waals surface area (Å²) in [5.41, 5.74) is -0.841. The molecule has 3 heterocycles. The predicted molar refractivity (Wildman–Crippen MR) is 172 cm³/mol. The summed E-state index contributed by atoms with van der Waals surface area (Å²) in [5.74, 6) is -0.0506. The Kier molecular flexibility index (Phi) is 10.0. The summed E-state index contributed by atoms with van der Waals surface area (Å²) in [5, 5.41) is 75.7. The first-order chi connectivity index (χ1) is 23.7. The van der Waals surface area contributed by atoms with E-state index in [1.54, 1.807) is 6.92 Å². The average molecular weight is 713 g/mol. The van der Waals surface area contributed by atoms with Crippen molar-refractivity contribution in [2.75, 3.05) is 20.3 Å². The second-order valence-corrected chi connectivity index (χ2v) is 16.7. The molecule has 7 N–H and O–H groups in total. The van der Waals surface area contributed by atoms with Gasteiger partial charge in [-0.2, -0.15) is 0 Å². The number of cyclic esters (lactones) is 1. The summed E-state index contributed by atoms with van der Waals surface area (Å²) in [7, 11) is 1.42. The molecule has 4 saturated carbocycles. The van der Waals surface area contributed by atoms with Gasteiger partial charge in [0.2, 0.25) is 0 Å². The fraction of sp³-hybridized carbons (Fsp3) is 0.917. The molecule has 0 aromatic heterocycles. The Morgan fingerprint density at radius 2 is 1.62 bits per heavy atom. The Morgan fingerprint density at radius 1 is 0.880 bits per heavy atom. The van der Waals surface area contributed by atoms with Crippen molar-refractivity contribution in [2.24, 2.45) is 34.5 Å². The van der Waals surface area contributed by atoms with E-state index >= 15 is 0 Å². The van der Waals surface area contributed by atoms with Crippen LogP contribution in [-0.4, -0.2) is 141 Å². The summed E-state index contributed by atoms with van der Waals surface area (Å²) in [6.07, 6.45) is -5.43. The van der Waals surface area contributed by atoms with Gasteiger partial charge in [-0.25, -0.2) is 4.79 Å². The fourth-order valence-corrected chi connectivity index (χ4v) is 11.7. The SMILES string of the molecule is CO[C@@H]1C(O)[C@H](O[C@H]2CC[C@@]3(C)[C@H](CC[C@@H]4[C@@H]3CC[C@]3(C)[C@@H](C5=CC(=O)OC5)[C@@H](O)C[C@]43O)C2)O[C@H](C)[C@@H]1O[C@@H]1O[C@H](CO)[C@@H](O)[C@H](O)[C@H]1O. The Morgan fingerprint density at radius 3 is 2.30 bits per heavy atom. The highest BCUT2D eigenvalue weighted by atomic mass is 16.7. The lowest BCUT2D eigenvalue weighted by Crippen LogP contribution is -2.64. The Hall–Kier alpha value is -1.27. The molecule has 284 valence electrons. The third kappa shape index (κ3) is 5.72. The molecule has 0 amide bonds. The van der Waals surface area contributed by atoms with E-state index < -0.39 is 85.1 Å². The van der Waals surface area contributed by atoms with Crippen LogP contribution in [0.5, 0.6) is 0 Å². The lowest BCUT2D eigenvalue weighted by atomic mass is 9.43. The van der Waals surface area contributed by atoms with Crippen molar-refractivity contribution in [3.8, 4) is 0 Å². The topological polar surface area (TPSA) is 214 Å². The van der Waals surface area contributed by atoms with Crippen LogP contribution in [-0.2, 0) is 33.2 Å². The summed E-state index contributed by atoms with van der Waals surface area (Å²) >= 11 is 0. The number of aliphatic hydroxyl groups is 7. The van der Waals surface area contributed by atoms with Gasteiger partial charge in [-0.3, -0.25) is 0 Å². The molecule has 19 atom stereocenters. The largest absolute Gasteiger partial charge is 0.458 e. The number of carbonyl (C=O) groups excluding carboxylic acids is 1. The zero-order chi connectivity index (χ0) is 35.9. The number of ether oxygens (including phenoxy) is 6. The first kappa shape index (κ1) is 37.1. The van der Waals surface area contributed by atoms with E-state index in [4.69, 9.17) is 28.4 Å². The van der Waals surface area contributed by atoms with E-state index in [0.717, 1.165) is 50.5 Å². The van der Waals surface area contributed by atoms with Gasteiger partial charge in [0.15, 0.2) is 12.6 Å². The van der Waals surface area contributed by atoms with Crippen molar-refractivity contribution in [1.29, 1.82) is 0 Å². The predicted octanol–water partition coefficient (Wildman–Crippen LogP) is -0.0948. The van der Waals surface area contributed by atoms with Crippen molar-refractivity contribution in [1.82, 2.24) is 0 Å². The van der Waals surface area contributed by atoms with Crippen LogP contribution in [0, 0.1) is 34.5 Å². The van der Waals surface area contributed by atoms with Gasteiger partial charge in [-0.05, 0) is 80.6 Å². The summed E-state index contributed by atoms with van der Waals surface area (Å²) in [6.45, 7) is 5.74. The quantitative estimate of drug-likeness (QED) is 0.136. The second-order valence-electron chi connectivity index (χ2n) is 16.7. The number of rotatable bonds is 7. The van der Waals surface area contributed by atoms with Crippen LogP contribution in [0.25, 0.3) is 0 Å². The van der Waals surface area contributed by atoms with E-state index in [9.17, 15) is 40.5 Å². The fourth-order valence-electron chi connectivity index (χ4n) is 11.7. The highest BCUT2D eigenvalue weighted by Gasteiger charge is 2.70. The van der Waals surface area contributed by atoms with Gasteiger partial charge in [0, 0.05) is 30.9 Å². The number of methoxy groups -OCH3 is 1. The van der Waals surface area contributed by atoms with Crippen molar-refractivity contribution in [2.45, 2.75) is 151 Å². The van der Waals surface area contributed by atoms with E-state index in [0.29, 0.717) is 12.3 Å². The minimum absolute atomic E-state index is 0.0330. The molecule has 7 aliphatic rings. The van der Waals surface area contributed by atoms with Crippen LogP contribution < -0.4 is 0 Å². The highest BCUT2D eigenvalue weighted by Crippen LogP contribution is 2.70. The number of fused-ring (bicyclic) bond motifs is 5. The molecule has 6 fully saturated rings. The summed E-state index contributed by atoms with van der Waals surface area (Å²) < 4.78 is 35.0. The van der Waals surface area contributed by atoms with Crippen molar-refractivity contribution >= 4 is 5.97 Å². The Bertz CT molecular complexity index is 1300. The number of hydrogen-bond donors (Lipinski definition) is 7. The van der Waals surface area contributed by atoms with Crippen molar-refractivity contribution in [3.63, 3.8) is 0 Å². The van der Waals surface area contributed by atoms with Crippen molar-refractivity contribution < 1.29 is 69.0 Å². The molecule has 50 heavy (non-hydrogen) atoms. The molecule has 0 aromatic rings. The third-order valence-corrected chi connectivity index (χ3v) is 14.4. The van der Waals surface area contributed by atoms with Crippen molar-refractivity contribution in [3.05, 3.63) is 11.6 Å². The molecular formula is C36H56O14. The Labute approximate surface area is 292 Å². The van der Waals surface area contributed by atoms with E-state index in [-0.39, 0.29) is 41.8 Å². The molecule has 1 unspecified atom stereocenters. The average Bonchev–Trinajstić information content (AvgIpc) is 3.59. The lowest BCUT2D eigenvalue weighted by Gasteiger charge is -2.63. The maximum Gasteiger partial charge on any atom is 0.331 e. The first-order valence-corrected chi connectivity index (χ1v) is 18.4. The number of hydrogen-bond acceptors (Lipinski definition) is 14. The monoisotopic (exact) mass is 712 g/mol. The minimum Gasteiger partial charge on any atom is -0.458 e. The molecule has 14 nitrogen and oxygen atoms in total. The highest BCUT2D eigenvalue weighted by molar-refractivity contribution is 5.85. The summed E-state index contributed by atoms with van der Waals surface area (Å²) in [6, 6.07) is 0. The molecular weight excluding hydrogens is 656 g/mol. The smallest absolute Gasteiger partial charge is 0.331 e. The molecule has 0 bridgehead atoms. The second kappa shape index (κ2) is 13.5. The van der Waals surface area contributed by atoms with Gasteiger partial charge in [0.1, 0.15) is 49.3 Å². The zero-order valence-electron chi connectivity index (χ0n) is 29.4. The van der Waals surface area contributed by atoms with E-state index in [1.807, 2.05) is 0 Å². The molecule has 3 aliphatic heterocycles. The molecule has 0 radical (unpaired) electrons. The molecule has 2 saturated heterocycles. The maximum absolute atomic E-state index is 12.5. The summed E-state index contributed by atoms with van der Waals surface area (Å²) in [4.78, 5) is 11.9. The van der Waals surface area contributed by atoms with Crippen LogP contribution in [0.15, 0.2) is 11.6 Å². The molecule has 7 rings (SSSR count). The van der Waals surface area contributed by atoms with Gasteiger partial charge >= 0.3 is 5.97 Å². The zero-order valence-corrected chi connectivity index (χ0v) is 29.4. The maximum atomic E-state index is 12.5. The van der Waals surface area contributed by atoms with Crippen LogP contribution in [0.4, 0.5) is 0 Å². The van der Waals surface area contributed by atoms with E-state index in [1.165, 1.54) is 13.2 Å². The van der Waals surface area contributed by atoms with Crippen LogP contribution in [0.2, 0.25) is 0 Å². The Balaban J connectivity index is 1.000. The third-order valence-electron chi connectivity index (χ3n) is 14.4. The lowest BCUT2D eigenvalue weighted by molar-refractivity contribution is -0.362. The number of esters is 1. The number of carbonyl (C=O) groups is 1. The normalized spacial score (nSPS) is 55.1. The molecule has 4 aliphatic carbocycles. The van der Waals surface area contributed by atoms with E-state index in [2.05, 4.69) is 13.8 Å². The van der Waals surface area contributed by atoms with Gasteiger partial charge in [-0.15, -0.1) is 0 Å². The van der Waals surface area contributed by atoms with Crippen LogP contribution in [0.3, 0.4) is 0 Å². The van der Waals surface area contributed by atoms with Gasteiger partial charge in [-0.1, -0.05) is 13.8 Å². The molecule has 0 aromatic carbocycles. The van der Waals surface area contributed by atoms with Crippen LogP contribution >= 0.6 is 0 Å². The molecule has 0 spiro atoms. The van der Waals surface area contributed by atoms with Crippen LogP contribution in [0.1, 0.15) is 72.1 Å². The number of aliphatic hydroxyl groups excluding tert-OH is 6.